The first-order valence-electron chi connectivity index (χ1n) is 4.35. The van der Waals surface area contributed by atoms with Crippen molar-refractivity contribution in [3.63, 3.8) is 0 Å². The fourth-order valence-corrected chi connectivity index (χ4v) is 1.48. The van der Waals surface area contributed by atoms with Crippen LogP contribution in [0.4, 0.5) is 0 Å². The second-order valence-electron chi connectivity index (χ2n) is 2.97. The lowest BCUT2D eigenvalue weighted by molar-refractivity contribution is -0.130. The highest BCUT2D eigenvalue weighted by molar-refractivity contribution is 6.31. The van der Waals surface area contributed by atoms with Crippen LogP contribution in [-0.4, -0.2) is 25.3 Å². The number of carboxylic acids is 1. The molecule has 0 unspecified atom stereocenters. The maximum atomic E-state index is 10.8. The third kappa shape index (κ3) is 2.28. The molecule has 0 aliphatic rings. The predicted molar refractivity (Wildman–Crippen MR) is 61.2 cm³/mol. The van der Waals surface area contributed by atoms with Crippen molar-refractivity contribution >= 4 is 23.1 Å². The normalized spacial score (nSPS) is 9.69. The Kier molecular flexibility index (Phi) is 3.79. The van der Waals surface area contributed by atoms with Crippen molar-refractivity contribution in [1.82, 2.24) is 0 Å². The molecule has 0 atom stereocenters. The van der Waals surface area contributed by atoms with Crippen molar-refractivity contribution in [2.75, 3.05) is 14.2 Å². The Balaban J connectivity index is 3.42. The lowest BCUT2D eigenvalue weighted by Gasteiger charge is -2.13. The third-order valence-electron chi connectivity index (χ3n) is 2.03. The SMILES string of the molecule is C=C(C(=O)O)c1cc(Cl)cc(OC)c1OC. The molecule has 0 radical (unpaired) electrons. The minimum absolute atomic E-state index is 0.0994. The molecule has 0 bridgehead atoms. The zero-order valence-electron chi connectivity index (χ0n) is 8.91. The molecule has 0 aliphatic carbocycles. The summed E-state index contributed by atoms with van der Waals surface area (Å²) in [6.07, 6.45) is 0. The minimum atomic E-state index is -1.14. The van der Waals surface area contributed by atoms with Gasteiger partial charge in [0.25, 0.3) is 0 Å². The van der Waals surface area contributed by atoms with Crippen LogP contribution in [0.5, 0.6) is 11.5 Å². The molecule has 0 amide bonds. The lowest BCUT2D eigenvalue weighted by Crippen LogP contribution is -2.02. The van der Waals surface area contributed by atoms with Crippen molar-refractivity contribution in [2.45, 2.75) is 0 Å². The molecule has 1 aromatic carbocycles. The standard InChI is InChI=1S/C11H11ClO4/c1-6(11(13)14)8-4-7(12)5-9(15-2)10(8)16-3/h4-5H,1H2,2-3H3,(H,13,14). The van der Waals surface area contributed by atoms with Crippen LogP contribution < -0.4 is 9.47 Å². The summed E-state index contributed by atoms with van der Waals surface area (Å²) < 4.78 is 10.1. The Morgan fingerprint density at radius 1 is 1.38 bits per heavy atom. The number of methoxy groups -OCH3 is 2. The number of aliphatic carboxylic acids is 1. The van der Waals surface area contributed by atoms with Gasteiger partial charge in [0.1, 0.15) is 0 Å². The molecule has 86 valence electrons. The molecule has 4 nitrogen and oxygen atoms in total. The molecule has 0 heterocycles. The largest absolute Gasteiger partial charge is 0.493 e. The van der Waals surface area contributed by atoms with Crippen LogP contribution in [0.15, 0.2) is 18.7 Å². The van der Waals surface area contributed by atoms with Crippen LogP contribution in [0, 0.1) is 0 Å². The number of carbonyl (C=O) groups is 1. The summed E-state index contributed by atoms with van der Waals surface area (Å²) in [6.45, 7) is 3.46. The van der Waals surface area contributed by atoms with Crippen molar-refractivity contribution in [1.29, 1.82) is 0 Å². The second-order valence-corrected chi connectivity index (χ2v) is 3.41. The molecular formula is C11H11ClO4. The molecule has 0 spiro atoms. The van der Waals surface area contributed by atoms with Gasteiger partial charge in [-0.05, 0) is 6.07 Å². The average Bonchev–Trinajstić information content (AvgIpc) is 2.26. The smallest absolute Gasteiger partial charge is 0.335 e. The summed E-state index contributed by atoms with van der Waals surface area (Å²) in [4.78, 5) is 10.8. The highest BCUT2D eigenvalue weighted by atomic mass is 35.5. The molecule has 0 saturated heterocycles. The Bertz CT molecular complexity index is 440. The van der Waals surface area contributed by atoms with Gasteiger partial charge in [-0.15, -0.1) is 0 Å². The molecule has 1 aromatic rings. The maximum absolute atomic E-state index is 10.8. The number of hydrogen-bond donors (Lipinski definition) is 1. The first kappa shape index (κ1) is 12.4. The summed E-state index contributed by atoms with van der Waals surface area (Å²) >= 11 is 5.84. The van der Waals surface area contributed by atoms with Gasteiger partial charge in [0, 0.05) is 16.7 Å². The van der Waals surface area contributed by atoms with E-state index in [-0.39, 0.29) is 5.57 Å². The molecule has 0 saturated carbocycles. The van der Waals surface area contributed by atoms with Gasteiger partial charge < -0.3 is 14.6 Å². The first-order chi connectivity index (χ1) is 7.51. The fraction of sp³-hybridized carbons (Fsp3) is 0.182. The third-order valence-corrected chi connectivity index (χ3v) is 2.25. The summed E-state index contributed by atoms with van der Waals surface area (Å²) in [5.41, 5.74) is 0.206. The van der Waals surface area contributed by atoms with Crippen molar-refractivity contribution in [2.24, 2.45) is 0 Å². The molecule has 0 fully saturated rings. The lowest BCUT2D eigenvalue weighted by atomic mass is 10.1. The van der Waals surface area contributed by atoms with E-state index in [4.69, 9.17) is 26.2 Å². The summed E-state index contributed by atoms with van der Waals surface area (Å²) in [5, 5.41) is 9.23. The van der Waals surface area contributed by atoms with Gasteiger partial charge in [-0.3, -0.25) is 0 Å². The van der Waals surface area contributed by atoms with Gasteiger partial charge in [0.05, 0.1) is 19.8 Å². The van der Waals surface area contributed by atoms with Gasteiger partial charge in [-0.25, -0.2) is 4.79 Å². The van der Waals surface area contributed by atoms with E-state index in [1.807, 2.05) is 0 Å². The van der Waals surface area contributed by atoms with Gasteiger partial charge in [0.2, 0.25) is 0 Å². The van der Waals surface area contributed by atoms with Gasteiger partial charge in [-0.1, -0.05) is 18.2 Å². The number of ether oxygens (including phenoxy) is 2. The second kappa shape index (κ2) is 4.90. The highest BCUT2D eigenvalue weighted by Gasteiger charge is 2.18. The molecule has 1 N–H and O–H groups in total. The molecule has 0 aliphatic heterocycles. The van der Waals surface area contributed by atoms with Crippen LogP contribution >= 0.6 is 11.6 Å². The van der Waals surface area contributed by atoms with Crippen molar-refractivity contribution in [3.8, 4) is 11.5 Å². The van der Waals surface area contributed by atoms with E-state index in [1.165, 1.54) is 20.3 Å². The Labute approximate surface area is 98.1 Å². The van der Waals surface area contributed by atoms with E-state index < -0.39 is 5.97 Å². The van der Waals surface area contributed by atoms with E-state index in [9.17, 15) is 4.79 Å². The van der Waals surface area contributed by atoms with Crippen LogP contribution in [0.25, 0.3) is 5.57 Å². The van der Waals surface area contributed by atoms with Crippen LogP contribution in [-0.2, 0) is 4.79 Å². The topological polar surface area (TPSA) is 55.8 Å². The van der Waals surface area contributed by atoms with Crippen molar-refractivity contribution < 1.29 is 19.4 Å². The Morgan fingerprint density at radius 2 is 2.00 bits per heavy atom. The maximum Gasteiger partial charge on any atom is 0.335 e. The van der Waals surface area contributed by atoms with Crippen LogP contribution in [0.3, 0.4) is 0 Å². The highest BCUT2D eigenvalue weighted by Crippen LogP contribution is 2.37. The number of rotatable bonds is 4. The number of hydrogen-bond acceptors (Lipinski definition) is 3. The fourth-order valence-electron chi connectivity index (χ4n) is 1.27. The van der Waals surface area contributed by atoms with E-state index in [0.717, 1.165) is 0 Å². The van der Waals surface area contributed by atoms with E-state index in [1.54, 1.807) is 6.07 Å². The van der Waals surface area contributed by atoms with E-state index in [0.29, 0.717) is 22.1 Å². The van der Waals surface area contributed by atoms with E-state index >= 15 is 0 Å². The van der Waals surface area contributed by atoms with E-state index in [2.05, 4.69) is 6.58 Å². The monoisotopic (exact) mass is 242 g/mol. The molecule has 5 heteroatoms. The van der Waals surface area contributed by atoms with Gasteiger partial charge >= 0.3 is 5.97 Å². The first-order valence-corrected chi connectivity index (χ1v) is 4.73. The summed E-state index contributed by atoms with van der Waals surface area (Å²) in [7, 11) is 2.87. The average molecular weight is 243 g/mol. The van der Waals surface area contributed by atoms with Crippen molar-refractivity contribution in [3.05, 3.63) is 29.3 Å². The van der Waals surface area contributed by atoms with Gasteiger partial charge in [-0.2, -0.15) is 0 Å². The van der Waals surface area contributed by atoms with Crippen LogP contribution in [0.1, 0.15) is 5.56 Å². The summed E-state index contributed by atoms with van der Waals surface area (Å²) in [6, 6.07) is 3.01. The molecular weight excluding hydrogens is 232 g/mol. The number of carboxylic acid groups (broad SMARTS) is 1. The predicted octanol–water partition coefficient (Wildman–Crippen LogP) is 2.46. The molecule has 16 heavy (non-hydrogen) atoms. The zero-order chi connectivity index (χ0) is 12.3. The Morgan fingerprint density at radius 3 is 2.44 bits per heavy atom. The number of halogens is 1. The zero-order valence-corrected chi connectivity index (χ0v) is 9.67. The summed E-state index contributed by atoms with van der Waals surface area (Å²) in [5.74, 6) is -0.464. The quantitative estimate of drug-likeness (QED) is 0.824. The number of benzene rings is 1. The Hall–Kier alpha value is -1.68. The molecule has 1 rings (SSSR count). The minimum Gasteiger partial charge on any atom is -0.493 e. The van der Waals surface area contributed by atoms with Gasteiger partial charge in [0.15, 0.2) is 11.5 Å². The van der Waals surface area contributed by atoms with Crippen LogP contribution in [0.2, 0.25) is 5.02 Å². The molecule has 0 aromatic heterocycles.